The highest BCUT2D eigenvalue weighted by molar-refractivity contribution is 5.21. The molecule has 2 heterocycles. The third-order valence-corrected chi connectivity index (χ3v) is 2.84. The zero-order valence-electron chi connectivity index (χ0n) is 8.61. The van der Waals surface area contributed by atoms with Crippen molar-refractivity contribution in [2.24, 2.45) is 0 Å². The Balaban J connectivity index is 1.93. The normalized spacial score (nSPS) is 33.7. The molecule has 0 aromatic carbocycles. The minimum atomic E-state index is -0.147. The predicted molar refractivity (Wildman–Crippen MR) is 56.6 cm³/mol. The fraction of sp³-hybridized carbons (Fsp3) is 0.636. The minimum Gasteiger partial charge on any atom is -0.392 e. The highest BCUT2D eigenvalue weighted by Gasteiger charge is 2.23. The maximum Gasteiger partial charge on any atom is 0.0985 e. The van der Waals surface area contributed by atoms with Crippen molar-refractivity contribution in [2.45, 2.75) is 32.0 Å². The number of aliphatic hydroxyl groups is 1. The van der Waals surface area contributed by atoms with E-state index in [0.29, 0.717) is 0 Å². The fourth-order valence-corrected chi connectivity index (χ4v) is 2.03. The summed E-state index contributed by atoms with van der Waals surface area (Å²) in [5.74, 6) is 0. The van der Waals surface area contributed by atoms with Crippen molar-refractivity contribution in [3.63, 3.8) is 0 Å². The van der Waals surface area contributed by atoms with Crippen LogP contribution in [0.15, 0.2) is 23.9 Å². The van der Waals surface area contributed by atoms with Gasteiger partial charge in [0.1, 0.15) is 0 Å². The average molecular weight is 194 g/mol. The number of aliphatic hydroxyl groups excluding tert-OH is 1. The topological polar surface area (TPSA) is 35.5 Å². The summed E-state index contributed by atoms with van der Waals surface area (Å²) in [6, 6.07) is 0. The molecule has 3 heteroatoms. The molecule has 1 fully saturated rings. The molecule has 2 rings (SSSR count). The molecule has 2 aliphatic heterocycles. The van der Waals surface area contributed by atoms with Gasteiger partial charge in [-0.2, -0.15) is 0 Å². The number of nitrogens with one attached hydrogen (secondary N) is 1. The quantitative estimate of drug-likeness (QED) is 0.649. The summed E-state index contributed by atoms with van der Waals surface area (Å²) < 4.78 is 0. The van der Waals surface area contributed by atoms with Gasteiger partial charge in [-0.05, 0) is 31.4 Å². The van der Waals surface area contributed by atoms with Gasteiger partial charge in [-0.1, -0.05) is 6.08 Å². The molecular formula is C11H18N2O. The van der Waals surface area contributed by atoms with E-state index in [1.165, 1.54) is 5.57 Å². The summed E-state index contributed by atoms with van der Waals surface area (Å²) in [6.07, 6.45) is 8.48. The molecule has 1 saturated heterocycles. The monoisotopic (exact) mass is 194 g/mol. The van der Waals surface area contributed by atoms with E-state index in [4.69, 9.17) is 0 Å². The zero-order valence-corrected chi connectivity index (χ0v) is 8.61. The summed E-state index contributed by atoms with van der Waals surface area (Å²) in [5.41, 5.74) is 1.25. The highest BCUT2D eigenvalue weighted by atomic mass is 16.3. The molecule has 0 spiro atoms. The predicted octanol–water partition coefficient (Wildman–Crippen LogP) is 0.832. The van der Waals surface area contributed by atoms with Crippen LogP contribution in [0.25, 0.3) is 0 Å². The van der Waals surface area contributed by atoms with Crippen molar-refractivity contribution in [2.75, 3.05) is 13.1 Å². The first-order valence-corrected chi connectivity index (χ1v) is 5.29. The van der Waals surface area contributed by atoms with Gasteiger partial charge in [-0.25, -0.2) is 0 Å². The van der Waals surface area contributed by atoms with Crippen LogP contribution in [-0.2, 0) is 0 Å². The standard InChI is InChI=1S/C11H18N2O/c1-9-4-5-11(12-7-9)13-6-2-3-10(14)8-13/h4-5,7,10-12,14H,2-3,6,8H2,1H3/t10-,11?/m0/s1. The molecular weight excluding hydrogens is 176 g/mol. The Morgan fingerprint density at radius 1 is 1.57 bits per heavy atom. The van der Waals surface area contributed by atoms with Crippen molar-refractivity contribution in [1.29, 1.82) is 0 Å². The second-order valence-electron chi connectivity index (χ2n) is 4.15. The van der Waals surface area contributed by atoms with Crippen molar-refractivity contribution in [3.05, 3.63) is 23.9 Å². The minimum absolute atomic E-state index is 0.147. The van der Waals surface area contributed by atoms with E-state index in [9.17, 15) is 5.11 Å². The first-order valence-electron chi connectivity index (χ1n) is 5.29. The Labute approximate surface area is 85.1 Å². The lowest BCUT2D eigenvalue weighted by atomic mass is 10.1. The number of allylic oxidation sites excluding steroid dienone is 2. The van der Waals surface area contributed by atoms with Gasteiger partial charge in [-0.15, -0.1) is 0 Å². The van der Waals surface area contributed by atoms with E-state index in [1.807, 2.05) is 6.20 Å². The third-order valence-electron chi connectivity index (χ3n) is 2.84. The molecule has 0 amide bonds. The second kappa shape index (κ2) is 4.15. The lowest BCUT2D eigenvalue weighted by Gasteiger charge is -2.36. The molecule has 14 heavy (non-hydrogen) atoms. The van der Waals surface area contributed by atoms with Crippen molar-refractivity contribution in [1.82, 2.24) is 10.2 Å². The molecule has 2 atom stereocenters. The van der Waals surface area contributed by atoms with Gasteiger partial charge < -0.3 is 10.4 Å². The van der Waals surface area contributed by atoms with Crippen LogP contribution in [0.5, 0.6) is 0 Å². The number of β-amino-alcohol motifs (C(OH)–C–C–N with tert-alkyl or cyclic N) is 1. The zero-order chi connectivity index (χ0) is 9.97. The van der Waals surface area contributed by atoms with Crippen molar-refractivity contribution in [3.8, 4) is 0 Å². The lowest BCUT2D eigenvalue weighted by molar-refractivity contribution is 0.0522. The van der Waals surface area contributed by atoms with Crippen LogP contribution < -0.4 is 5.32 Å². The molecule has 0 radical (unpaired) electrons. The molecule has 2 N–H and O–H groups in total. The SMILES string of the molecule is CC1=CNC(N2CCC[C@H](O)C2)C=C1. The maximum absolute atomic E-state index is 9.55. The van der Waals surface area contributed by atoms with Gasteiger partial charge in [0, 0.05) is 19.3 Å². The molecule has 78 valence electrons. The first-order chi connectivity index (χ1) is 6.75. The molecule has 1 unspecified atom stereocenters. The van der Waals surface area contributed by atoms with Crippen molar-refractivity contribution < 1.29 is 5.11 Å². The van der Waals surface area contributed by atoms with Crippen LogP contribution in [0.4, 0.5) is 0 Å². The number of hydrogen-bond donors (Lipinski definition) is 2. The first kappa shape index (κ1) is 9.74. The van der Waals surface area contributed by atoms with Gasteiger partial charge >= 0.3 is 0 Å². The van der Waals surface area contributed by atoms with E-state index in [0.717, 1.165) is 25.9 Å². The molecule has 0 bridgehead atoms. The lowest BCUT2D eigenvalue weighted by Crippen LogP contribution is -2.49. The number of rotatable bonds is 1. The number of nitrogens with zero attached hydrogens (tertiary/aromatic N) is 1. The highest BCUT2D eigenvalue weighted by Crippen LogP contribution is 2.14. The maximum atomic E-state index is 9.55. The average Bonchev–Trinajstić information content (AvgIpc) is 2.19. The Morgan fingerprint density at radius 2 is 2.43 bits per heavy atom. The largest absolute Gasteiger partial charge is 0.392 e. The van der Waals surface area contributed by atoms with Gasteiger partial charge in [-0.3, -0.25) is 4.90 Å². The summed E-state index contributed by atoms with van der Waals surface area (Å²) in [6.45, 7) is 3.94. The summed E-state index contributed by atoms with van der Waals surface area (Å²) in [5, 5.41) is 12.9. The molecule has 0 aromatic heterocycles. The van der Waals surface area contributed by atoms with Crippen LogP contribution in [0, 0.1) is 0 Å². The van der Waals surface area contributed by atoms with Gasteiger partial charge in [0.2, 0.25) is 0 Å². The number of dihydropyridines is 1. The molecule has 3 nitrogen and oxygen atoms in total. The second-order valence-corrected chi connectivity index (χ2v) is 4.15. The third kappa shape index (κ3) is 2.16. The van der Waals surface area contributed by atoms with Crippen LogP contribution >= 0.6 is 0 Å². The van der Waals surface area contributed by atoms with Gasteiger partial charge in [0.15, 0.2) is 0 Å². The molecule has 0 aromatic rings. The molecule has 2 aliphatic rings. The van der Waals surface area contributed by atoms with Gasteiger partial charge in [0.05, 0.1) is 12.3 Å². The van der Waals surface area contributed by atoms with E-state index in [-0.39, 0.29) is 12.3 Å². The van der Waals surface area contributed by atoms with Crippen molar-refractivity contribution >= 4 is 0 Å². The fourth-order valence-electron chi connectivity index (χ4n) is 2.03. The van der Waals surface area contributed by atoms with E-state index in [1.54, 1.807) is 0 Å². The van der Waals surface area contributed by atoms with E-state index < -0.39 is 0 Å². The Hall–Kier alpha value is -0.800. The van der Waals surface area contributed by atoms with E-state index >= 15 is 0 Å². The summed E-state index contributed by atoms with van der Waals surface area (Å²) >= 11 is 0. The number of likely N-dealkylation sites (tertiary alicyclic amines) is 1. The van der Waals surface area contributed by atoms with Crippen LogP contribution in [0.3, 0.4) is 0 Å². The smallest absolute Gasteiger partial charge is 0.0985 e. The molecule has 0 saturated carbocycles. The Kier molecular flexibility index (Phi) is 2.89. The Bertz CT molecular complexity index is 260. The molecule has 0 aliphatic carbocycles. The summed E-state index contributed by atoms with van der Waals surface area (Å²) in [4.78, 5) is 2.29. The summed E-state index contributed by atoms with van der Waals surface area (Å²) in [7, 11) is 0. The van der Waals surface area contributed by atoms with Crippen LogP contribution in [0.1, 0.15) is 19.8 Å². The number of piperidine rings is 1. The van der Waals surface area contributed by atoms with Gasteiger partial charge in [0.25, 0.3) is 0 Å². The van der Waals surface area contributed by atoms with E-state index in [2.05, 4.69) is 29.3 Å². The number of hydrogen-bond acceptors (Lipinski definition) is 3. The van der Waals surface area contributed by atoms with Crippen LogP contribution in [-0.4, -0.2) is 35.4 Å². The van der Waals surface area contributed by atoms with Crippen LogP contribution in [0.2, 0.25) is 0 Å². The Morgan fingerprint density at radius 3 is 3.07 bits per heavy atom.